The fourth-order valence-corrected chi connectivity index (χ4v) is 7.99. The molecule has 0 atom stereocenters. The van der Waals surface area contributed by atoms with Crippen molar-refractivity contribution in [1.82, 2.24) is 0 Å². The van der Waals surface area contributed by atoms with E-state index in [1.54, 1.807) is 0 Å². The van der Waals surface area contributed by atoms with Gasteiger partial charge in [-0.3, -0.25) is 0 Å². The molecule has 4 heteroatoms. The van der Waals surface area contributed by atoms with E-state index >= 15 is 0 Å². The highest BCUT2D eigenvalue weighted by molar-refractivity contribution is 7.80. The van der Waals surface area contributed by atoms with Crippen LogP contribution in [-0.2, 0) is 0 Å². The summed E-state index contributed by atoms with van der Waals surface area (Å²) in [6.07, 6.45) is 50.8. The van der Waals surface area contributed by atoms with Crippen molar-refractivity contribution in [1.29, 1.82) is 0 Å². The van der Waals surface area contributed by atoms with Crippen LogP contribution in [0, 0.1) is 0 Å². The molecule has 0 bridgehead atoms. The molecule has 0 aromatic heterocycles. The Morgan fingerprint density at radius 2 is 0.390 bits per heavy atom. The van der Waals surface area contributed by atoms with Crippen LogP contribution in [0.5, 0.6) is 0 Å². The van der Waals surface area contributed by atoms with Crippen LogP contribution in [0.4, 0.5) is 0 Å². The summed E-state index contributed by atoms with van der Waals surface area (Å²) in [5.74, 6) is 1.07. The van der Waals surface area contributed by atoms with Gasteiger partial charge in [0.15, 0.2) is 0 Å². The SMILES string of the molecule is SCCCCCCCCCCCCCCCCCCCCCCCCCCCCCCCCCCCCC[SiH](Cl)Cl. The van der Waals surface area contributed by atoms with Gasteiger partial charge >= 0.3 is 0 Å². The molecule has 0 heterocycles. The van der Waals surface area contributed by atoms with Crippen LogP contribution in [0.1, 0.15) is 225 Å². The Kier molecular flexibility index (Phi) is 40.3. The first-order valence-corrected chi connectivity index (χ1v) is 24.1. The van der Waals surface area contributed by atoms with E-state index < -0.39 is 7.42 Å². The molecule has 0 aliphatic carbocycles. The lowest BCUT2D eigenvalue weighted by Crippen LogP contribution is -1.91. The van der Waals surface area contributed by atoms with Gasteiger partial charge in [-0.1, -0.05) is 218 Å². The molecule has 0 aromatic rings. The summed E-state index contributed by atoms with van der Waals surface area (Å²) < 4.78 is 0. The fraction of sp³-hybridized carbons (Fsp3) is 1.00. The fourth-order valence-electron chi connectivity index (χ4n) is 6.24. The van der Waals surface area contributed by atoms with E-state index in [0.717, 1.165) is 11.8 Å². The first kappa shape index (κ1) is 42.1. The topological polar surface area (TPSA) is 0 Å². The normalized spacial score (nSPS) is 11.7. The summed E-state index contributed by atoms with van der Waals surface area (Å²) >= 11 is 16.1. The third kappa shape index (κ3) is 41.1. The predicted molar refractivity (Wildman–Crippen MR) is 199 cm³/mol. The third-order valence-corrected chi connectivity index (χ3v) is 11.6. The van der Waals surface area contributed by atoms with Crippen molar-refractivity contribution >= 4 is 42.2 Å². The van der Waals surface area contributed by atoms with Gasteiger partial charge in [-0.15, -0.1) is 0 Å². The Morgan fingerprint density at radius 1 is 0.244 bits per heavy atom. The van der Waals surface area contributed by atoms with Gasteiger partial charge in [0.05, 0.1) is 0 Å². The second-order valence-electron chi connectivity index (χ2n) is 13.3. The number of thiol groups is 1. The van der Waals surface area contributed by atoms with E-state index in [9.17, 15) is 0 Å². The molecular formula is C37H76Cl2SSi. The minimum atomic E-state index is -1.34. The molecule has 0 aliphatic rings. The van der Waals surface area contributed by atoms with Crippen LogP contribution in [0.15, 0.2) is 0 Å². The average Bonchev–Trinajstić information content (AvgIpc) is 2.97. The molecule has 0 N–H and O–H groups in total. The lowest BCUT2D eigenvalue weighted by molar-refractivity contribution is 0.511. The van der Waals surface area contributed by atoms with Crippen molar-refractivity contribution in [2.75, 3.05) is 5.75 Å². The van der Waals surface area contributed by atoms with Crippen LogP contribution in [0.25, 0.3) is 0 Å². The molecular weight excluding hydrogens is 575 g/mol. The van der Waals surface area contributed by atoms with E-state index in [4.69, 9.17) is 22.2 Å². The lowest BCUT2D eigenvalue weighted by atomic mass is 10.0. The van der Waals surface area contributed by atoms with Crippen LogP contribution in [0.2, 0.25) is 6.04 Å². The summed E-state index contributed by atoms with van der Waals surface area (Å²) in [4.78, 5) is 0. The Bertz CT molecular complexity index is 449. The van der Waals surface area contributed by atoms with Crippen molar-refractivity contribution in [3.8, 4) is 0 Å². The van der Waals surface area contributed by atoms with Gasteiger partial charge in [0.2, 0.25) is 7.42 Å². The molecule has 0 fully saturated rings. The van der Waals surface area contributed by atoms with Crippen molar-refractivity contribution in [3.63, 3.8) is 0 Å². The van der Waals surface area contributed by atoms with Gasteiger partial charge in [0.25, 0.3) is 0 Å². The van der Waals surface area contributed by atoms with E-state index in [2.05, 4.69) is 12.6 Å². The van der Waals surface area contributed by atoms with Crippen molar-refractivity contribution in [2.24, 2.45) is 0 Å². The zero-order valence-corrected chi connectivity index (χ0v) is 31.5. The van der Waals surface area contributed by atoms with E-state index in [1.165, 1.54) is 225 Å². The zero-order chi connectivity index (χ0) is 29.7. The van der Waals surface area contributed by atoms with E-state index in [-0.39, 0.29) is 0 Å². The highest BCUT2D eigenvalue weighted by Crippen LogP contribution is 2.17. The van der Waals surface area contributed by atoms with Crippen LogP contribution < -0.4 is 0 Å². The molecule has 41 heavy (non-hydrogen) atoms. The Hall–Kier alpha value is 1.15. The maximum Gasteiger partial charge on any atom is 0.237 e. The Labute approximate surface area is 277 Å². The molecule has 0 radical (unpaired) electrons. The molecule has 0 aromatic carbocycles. The van der Waals surface area contributed by atoms with E-state index in [0.29, 0.717) is 0 Å². The van der Waals surface area contributed by atoms with Crippen molar-refractivity contribution in [2.45, 2.75) is 231 Å². The largest absolute Gasteiger partial charge is 0.237 e. The van der Waals surface area contributed by atoms with Gasteiger partial charge in [0, 0.05) is 0 Å². The second-order valence-corrected chi connectivity index (χ2v) is 18.9. The number of hydrogen-bond donors (Lipinski definition) is 1. The van der Waals surface area contributed by atoms with Gasteiger partial charge in [-0.2, -0.15) is 34.8 Å². The Balaban J connectivity index is 3.03. The molecule has 0 saturated heterocycles. The summed E-state index contributed by atoms with van der Waals surface area (Å²) in [6, 6.07) is 1.10. The maximum atomic E-state index is 5.91. The average molecular weight is 652 g/mol. The minimum absolute atomic E-state index is 1.07. The highest BCUT2D eigenvalue weighted by atomic mass is 35.7. The second kappa shape index (κ2) is 39.2. The molecule has 0 rings (SSSR count). The molecule has 0 spiro atoms. The minimum Gasteiger partial charge on any atom is -0.179 e. The van der Waals surface area contributed by atoms with Crippen molar-refractivity contribution in [3.05, 3.63) is 0 Å². The summed E-state index contributed by atoms with van der Waals surface area (Å²) in [7, 11) is -1.34. The quantitative estimate of drug-likeness (QED) is 0.0294. The van der Waals surface area contributed by atoms with Crippen molar-refractivity contribution < 1.29 is 0 Å². The van der Waals surface area contributed by atoms with Crippen LogP contribution >= 0.6 is 34.8 Å². The van der Waals surface area contributed by atoms with Crippen LogP contribution in [0.3, 0.4) is 0 Å². The standard InChI is InChI=1S/C37H76Cl2SSi/c38-41(39)37-35-33-31-29-27-25-23-21-19-17-15-13-11-9-7-5-3-1-2-4-6-8-10-12-14-16-18-20-22-24-26-28-30-32-34-36-40/h40-41H,1-37H2. The molecule has 0 saturated carbocycles. The van der Waals surface area contributed by atoms with Gasteiger partial charge < -0.3 is 0 Å². The van der Waals surface area contributed by atoms with E-state index in [1.807, 2.05) is 0 Å². The number of rotatable bonds is 37. The Morgan fingerprint density at radius 3 is 0.537 bits per heavy atom. The monoisotopic (exact) mass is 650 g/mol. The number of halogens is 2. The lowest BCUT2D eigenvalue weighted by Gasteiger charge is -2.05. The molecule has 0 aliphatic heterocycles. The third-order valence-electron chi connectivity index (χ3n) is 9.08. The van der Waals surface area contributed by atoms with Gasteiger partial charge in [-0.05, 0) is 18.2 Å². The zero-order valence-electron chi connectivity index (χ0n) is 27.9. The molecule has 248 valence electrons. The first-order chi connectivity index (χ1) is 20.3. The number of unbranched alkanes of at least 4 members (excludes halogenated alkanes) is 34. The smallest absolute Gasteiger partial charge is 0.179 e. The maximum absolute atomic E-state index is 5.91. The summed E-state index contributed by atoms with van der Waals surface area (Å²) in [6.45, 7) is 0. The molecule has 0 nitrogen and oxygen atoms in total. The predicted octanol–water partition coefficient (Wildman–Crippen LogP) is 15.3. The van der Waals surface area contributed by atoms with Gasteiger partial charge in [-0.25, -0.2) is 0 Å². The molecule has 0 unspecified atom stereocenters. The van der Waals surface area contributed by atoms with Gasteiger partial charge in [0.1, 0.15) is 0 Å². The summed E-state index contributed by atoms with van der Waals surface area (Å²) in [5, 5.41) is 0. The summed E-state index contributed by atoms with van der Waals surface area (Å²) in [5.41, 5.74) is 0. The number of hydrogen-bond acceptors (Lipinski definition) is 1. The highest BCUT2D eigenvalue weighted by Gasteiger charge is 2.01. The molecule has 0 amide bonds. The van der Waals surface area contributed by atoms with Crippen LogP contribution in [-0.4, -0.2) is 13.2 Å². The first-order valence-electron chi connectivity index (χ1n) is 19.2.